The summed E-state index contributed by atoms with van der Waals surface area (Å²) in [6, 6.07) is 7.03. The number of hydrogen-bond donors (Lipinski definition) is 0. The molecule has 0 amide bonds. The second kappa shape index (κ2) is 8.08. The number of esters is 1. The first-order valence-electron chi connectivity index (χ1n) is 7.76. The number of benzene rings is 2. The zero-order valence-electron chi connectivity index (χ0n) is 14.8. The highest BCUT2D eigenvalue weighted by molar-refractivity contribution is 6.32. The quantitative estimate of drug-likeness (QED) is 0.519. The van der Waals surface area contributed by atoms with E-state index < -0.39 is 5.97 Å². The molecule has 0 bridgehead atoms. The molecular weight excluding hydrogens is 340 g/mol. The molecule has 2 aromatic rings. The van der Waals surface area contributed by atoms with Gasteiger partial charge in [0.05, 0.1) is 24.8 Å². The number of allylic oxidation sites excluding steroid dienone is 1. The average molecular weight is 361 g/mol. The summed E-state index contributed by atoms with van der Waals surface area (Å²) in [6.07, 6.45) is 2.55. The molecule has 0 heterocycles. The number of aryl methyl sites for hydroxylation is 2. The first-order chi connectivity index (χ1) is 11.9. The van der Waals surface area contributed by atoms with Crippen molar-refractivity contribution in [2.24, 2.45) is 0 Å². The zero-order chi connectivity index (χ0) is 18.6. The van der Waals surface area contributed by atoms with Crippen molar-refractivity contribution in [3.63, 3.8) is 0 Å². The van der Waals surface area contributed by atoms with Crippen LogP contribution < -0.4 is 9.47 Å². The van der Waals surface area contributed by atoms with E-state index in [-0.39, 0.29) is 0 Å². The molecule has 5 heteroatoms. The molecule has 0 atom stereocenters. The fourth-order valence-corrected chi connectivity index (χ4v) is 2.78. The fourth-order valence-electron chi connectivity index (χ4n) is 2.52. The van der Waals surface area contributed by atoms with E-state index in [1.807, 2.05) is 32.1 Å². The standard InChI is InChI=1S/C20H21ClO4/c1-6-7-14-10-17(16(21)9-12(14)2)25-19-13(3)8-15(20(22)24-5)11-18(19)23-4/h6,8-11H,1,7H2,2-5H3. The lowest BCUT2D eigenvalue weighted by molar-refractivity contribution is 0.0600. The largest absolute Gasteiger partial charge is 0.493 e. The third kappa shape index (κ3) is 4.15. The molecule has 4 nitrogen and oxygen atoms in total. The van der Waals surface area contributed by atoms with Crippen LogP contribution in [0.4, 0.5) is 0 Å². The van der Waals surface area contributed by atoms with Crippen molar-refractivity contribution in [1.29, 1.82) is 0 Å². The monoisotopic (exact) mass is 360 g/mol. The number of carbonyl (C=O) groups is 1. The smallest absolute Gasteiger partial charge is 0.337 e. The van der Waals surface area contributed by atoms with E-state index in [4.69, 9.17) is 25.8 Å². The third-order valence-corrected chi connectivity index (χ3v) is 4.14. The molecule has 0 radical (unpaired) electrons. The summed E-state index contributed by atoms with van der Waals surface area (Å²) in [5.41, 5.74) is 3.28. The van der Waals surface area contributed by atoms with E-state index in [0.29, 0.717) is 27.8 Å². The van der Waals surface area contributed by atoms with Crippen molar-refractivity contribution in [2.75, 3.05) is 14.2 Å². The number of rotatable bonds is 6. The lowest BCUT2D eigenvalue weighted by Crippen LogP contribution is -2.04. The Kier molecular flexibility index (Phi) is 6.10. The summed E-state index contributed by atoms with van der Waals surface area (Å²) in [5, 5.41) is 0.504. The molecular formula is C20H21ClO4. The second-order valence-electron chi connectivity index (χ2n) is 5.62. The molecule has 0 fully saturated rings. The summed E-state index contributed by atoms with van der Waals surface area (Å²) in [7, 11) is 2.85. The number of methoxy groups -OCH3 is 2. The van der Waals surface area contributed by atoms with Gasteiger partial charge in [-0.3, -0.25) is 0 Å². The van der Waals surface area contributed by atoms with Crippen LogP contribution in [0.25, 0.3) is 0 Å². The van der Waals surface area contributed by atoms with E-state index in [9.17, 15) is 4.79 Å². The highest BCUT2D eigenvalue weighted by Crippen LogP contribution is 2.39. The Morgan fingerprint density at radius 2 is 1.84 bits per heavy atom. The highest BCUT2D eigenvalue weighted by atomic mass is 35.5. The molecule has 0 saturated carbocycles. The maximum atomic E-state index is 11.8. The van der Waals surface area contributed by atoms with Crippen LogP contribution in [0.2, 0.25) is 5.02 Å². The van der Waals surface area contributed by atoms with Crippen molar-refractivity contribution in [1.82, 2.24) is 0 Å². The maximum absolute atomic E-state index is 11.8. The first-order valence-corrected chi connectivity index (χ1v) is 8.13. The van der Waals surface area contributed by atoms with Crippen molar-refractivity contribution < 1.29 is 19.0 Å². The second-order valence-corrected chi connectivity index (χ2v) is 6.03. The molecule has 0 aromatic heterocycles. The minimum atomic E-state index is -0.436. The van der Waals surface area contributed by atoms with Crippen LogP contribution >= 0.6 is 11.6 Å². The van der Waals surface area contributed by atoms with Gasteiger partial charge in [-0.15, -0.1) is 6.58 Å². The molecule has 132 valence electrons. The Hall–Kier alpha value is -2.46. The summed E-state index contributed by atoms with van der Waals surface area (Å²) in [4.78, 5) is 11.8. The van der Waals surface area contributed by atoms with Gasteiger partial charge in [0.1, 0.15) is 5.75 Å². The predicted octanol–water partition coefficient (Wildman–Crippen LogP) is 5.27. The Labute approximate surface area is 153 Å². The van der Waals surface area contributed by atoms with Gasteiger partial charge in [0.2, 0.25) is 0 Å². The van der Waals surface area contributed by atoms with Crippen LogP contribution in [0.5, 0.6) is 17.2 Å². The van der Waals surface area contributed by atoms with E-state index in [0.717, 1.165) is 23.1 Å². The highest BCUT2D eigenvalue weighted by Gasteiger charge is 2.17. The zero-order valence-corrected chi connectivity index (χ0v) is 15.6. The SMILES string of the molecule is C=CCc1cc(Oc2c(C)cc(C(=O)OC)cc2OC)c(Cl)cc1C. The molecule has 25 heavy (non-hydrogen) atoms. The predicted molar refractivity (Wildman–Crippen MR) is 99.2 cm³/mol. The van der Waals surface area contributed by atoms with Gasteiger partial charge in [-0.1, -0.05) is 17.7 Å². The van der Waals surface area contributed by atoms with Crippen molar-refractivity contribution in [3.05, 3.63) is 64.2 Å². The third-order valence-electron chi connectivity index (χ3n) is 3.85. The minimum Gasteiger partial charge on any atom is -0.493 e. The summed E-state index contributed by atoms with van der Waals surface area (Å²) < 4.78 is 16.2. The van der Waals surface area contributed by atoms with Gasteiger partial charge < -0.3 is 14.2 Å². The minimum absolute atomic E-state index is 0.395. The topological polar surface area (TPSA) is 44.8 Å². The normalized spacial score (nSPS) is 10.3. The Morgan fingerprint density at radius 1 is 1.12 bits per heavy atom. The number of carbonyl (C=O) groups excluding carboxylic acids is 1. The molecule has 0 spiro atoms. The van der Waals surface area contributed by atoms with Crippen molar-refractivity contribution in [3.8, 4) is 17.2 Å². The van der Waals surface area contributed by atoms with Crippen molar-refractivity contribution >= 4 is 17.6 Å². The summed E-state index contributed by atoms with van der Waals surface area (Å²) in [6.45, 7) is 7.59. The van der Waals surface area contributed by atoms with E-state index in [2.05, 4.69) is 6.58 Å². The Morgan fingerprint density at radius 3 is 2.44 bits per heavy atom. The van der Waals surface area contributed by atoms with E-state index in [1.54, 1.807) is 12.1 Å². The van der Waals surface area contributed by atoms with Crippen LogP contribution in [-0.2, 0) is 11.2 Å². The average Bonchev–Trinajstić information content (AvgIpc) is 2.59. The molecule has 2 rings (SSSR count). The maximum Gasteiger partial charge on any atom is 0.337 e. The van der Waals surface area contributed by atoms with Gasteiger partial charge in [-0.25, -0.2) is 4.79 Å². The van der Waals surface area contributed by atoms with Crippen LogP contribution in [0.15, 0.2) is 36.9 Å². The lowest BCUT2D eigenvalue weighted by atomic mass is 10.1. The number of hydrogen-bond acceptors (Lipinski definition) is 4. The van der Waals surface area contributed by atoms with E-state index >= 15 is 0 Å². The molecule has 0 aliphatic heterocycles. The van der Waals surface area contributed by atoms with Crippen LogP contribution in [-0.4, -0.2) is 20.2 Å². The fraction of sp³-hybridized carbons (Fsp3) is 0.250. The van der Waals surface area contributed by atoms with Gasteiger partial charge in [-0.2, -0.15) is 0 Å². The molecule has 0 N–H and O–H groups in total. The van der Waals surface area contributed by atoms with Crippen molar-refractivity contribution in [2.45, 2.75) is 20.3 Å². The van der Waals surface area contributed by atoms with Crippen LogP contribution in [0.3, 0.4) is 0 Å². The first kappa shape index (κ1) is 18.9. The van der Waals surface area contributed by atoms with E-state index in [1.165, 1.54) is 14.2 Å². The van der Waals surface area contributed by atoms with Crippen LogP contribution in [0.1, 0.15) is 27.0 Å². The van der Waals surface area contributed by atoms with Gasteiger partial charge >= 0.3 is 5.97 Å². The molecule has 0 aliphatic rings. The van der Waals surface area contributed by atoms with Gasteiger partial charge in [0.15, 0.2) is 11.5 Å². The summed E-state index contributed by atoms with van der Waals surface area (Å²) >= 11 is 6.34. The lowest BCUT2D eigenvalue weighted by Gasteiger charge is -2.16. The molecule has 0 aliphatic carbocycles. The number of halogens is 1. The van der Waals surface area contributed by atoms with Gasteiger partial charge in [-0.05, 0) is 61.2 Å². The molecule has 0 unspecified atom stereocenters. The summed E-state index contributed by atoms with van der Waals surface area (Å²) in [5.74, 6) is 1.03. The van der Waals surface area contributed by atoms with Gasteiger partial charge in [0, 0.05) is 0 Å². The Balaban J connectivity index is 2.48. The van der Waals surface area contributed by atoms with Gasteiger partial charge in [0.25, 0.3) is 0 Å². The Bertz CT molecular complexity index is 812. The molecule has 2 aromatic carbocycles. The molecule has 0 saturated heterocycles. The van der Waals surface area contributed by atoms with Crippen LogP contribution in [0, 0.1) is 13.8 Å². The number of ether oxygens (including phenoxy) is 3.